The molecule has 0 aromatic heterocycles. The largest absolute Gasteiger partial charge is 0.494 e. The van der Waals surface area contributed by atoms with E-state index in [4.69, 9.17) is 4.74 Å². The Morgan fingerprint density at radius 3 is 2.61 bits per heavy atom. The first-order valence-corrected chi connectivity index (χ1v) is 8.55. The topological polar surface area (TPSA) is 49.8 Å². The number of rotatable bonds is 5. The van der Waals surface area contributed by atoms with E-state index in [1.165, 1.54) is 5.56 Å². The highest BCUT2D eigenvalue weighted by atomic mass is 16.5. The number of ether oxygens (including phenoxy) is 1. The molecule has 4 nitrogen and oxygen atoms in total. The van der Waals surface area contributed by atoms with Gasteiger partial charge in [0.1, 0.15) is 5.75 Å². The highest BCUT2D eigenvalue weighted by molar-refractivity contribution is 5.76. The van der Waals surface area contributed by atoms with Crippen molar-refractivity contribution in [2.24, 2.45) is 0 Å². The van der Waals surface area contributed by atoms with Crippen molar-refractivity contribution < 1.29 is 14.6 Å². The minimum absolute atomic E-state index is 0.121. The quantitative estimate of drug-likeness (QED) is 0.848. The van der Waals surface area contributed by atoms with Crippen molar-refractivity contribution in [3.05, 3.63) is 29.8 Å². The zero-order valence-electron chi connectivity index (χ0n) is 14.5. The molecule has 128 valence electrons. The van der Waals surface area contributed by atoms with Crippen molar-refractivity contribution in [2.75, 3.05) is 19.7 Å². The van der Waals surface area contributed by atoms with Gasteiger partial charge in [0.15, 0.2) is 0 Å². The molecule has 1 aliphatic rings. The van der Waals surface area contributed by atoms with E-state index in [0.717, 1.165) is 25.1 Å². The van der Waals surface area contributed by atoms with Crippen molar-refractivity contribution >= 4 is 5.91 Å². The van der Waals surface area contributed by atoms with E-state index >= 15 is 0 Å². The van der Waals surface area contributed by atoms with Gasteiger partial charge in [-0.05, 0) is 42.4 Å². The van der Waals surface area contributed by atoms with Gasteiger partial charge >= 0.3 is 0 Å². The minimum atomic E-state index is -0.356. The molecule has 23 heavy (non-hydrogen) atoms. The lowest BCUT2D eigenvalue weighted by Crippen LogP contribution is -2.42. The van der Waals surface area contributed by atoms with E-state index < -0.39 is 0 Å². The van der Waals surface area contributed by atoms with Crippen LogP contribution >= 0.6 is 0 Å². The summed E-state index contributed by atoms with van der Waals surface area (Å²) < 4.78 is 5.71. The van der Waals surface area contributed by atoms with Gasteiger partial charge in [-0.2, -0.15) is 0 Å². The van der Waals surface area contributed by atoms with E-state index in [9.17, 15) is 9.90 Å². The molecule has 1 N–H and O–H groups in total. The van der Waals surface area contributed by atoms with Crippen LogP contribution in [0, 0.1) is 0 Å². The number of nitrogens with zero attached hydrogens (tertiary/aromatic N) is 1. The van der Waals surface area contributed by atoms with Crippen LogP contribution in [0.4, 0.5) is 0 Å². The molecule has 2 rings (SSSR count). The SMILES string of the molecule is CC(C)(C)c1ccc(OCCCC(=O)N2CCC[C@H](O)C2)cc1. The Balaban J connectivity index is 1.70. The van der Waals surface area contributed by atoms with Crippen LogP contribution in [0.15, 0.2) is 24.3 Å². The monoisotopic (exact) mass is 319 g/mol. The van der Waals surface area contributed by atoms with Crippen LogP contribution in [0.3, 0.4) is 0 Å². The number of carbonyl (C=O) groups excluding carboxylic acids is 1. The Kier molecular flexibility index (Phi) is 6.05. The van der Waals surface area contributed by atoms with Crippen molar-refractivity contribution in [1.29, 1.82) is 0 Å². The van der Waals surface area contributed by atoms with Gasteiger partial charge in [0.2, 0.25) is 5.91 Å². The molecule has 1 aromatic carbocycles. The van der Waals surface area contributed by atoms with E-state index in [0.29, 0.717) is 26.0 Å². The number of hydrogen-bond donors (Lipinski definition) is 1. The molecule has 0 spiro atoms. The van der Waals surface area contributed by atoms with Gasteiger partial charge in [-0.1, -0.05) is 32.9 Å². The van der Waals surface area contributed by atoms with Gasteiger partial charge < -0.3 is 14.7 Å². The molecule has 1 aliphatic heterocycles. The van der Waals surface area contributed by atoms with Crippen molar-refractivity contribution in [3.63, 3.8) is 0 Å². The third-order valence-electron chi connectivity index (χ3n) is 4.27. The second kappa shape index (κ2) is 7.82. The number of carbonyl (C=O) groups is 1. The highest BCUT2D eigenvalue weighted by Gasteiger charge is 2.21. The van der Waals surface area contributed by atoms with Crippen LogP contribution in [0.1, 0.15) is 52.0 Å². The van der Waals surface area contributed by atoms with E-state index in [-0.39, 0.29) is 17.4 Å². The lowest BCUT2D eigenvalue weighted by atomic mass is 9.87. The molecule has 0 unspecified atom stereocenters. The second-order valence-corrected chi connectivity index (χ2v) is 7.36. The average molecular weight is 319 g/mol. The first-order valence-electron chi connectivity index (χ1n) is 8.55. The maximum absolute atomic E-state index is 12.1. The predicted octanol–water partition coefficient (Wildman–Crippen LogP) is 3.13. The summed E-state index contributed by atoms with van der Waals surface area (Å²) in [6, 6.07) is 8.16. The summed E-state index contributed by atoms with van der Waals surface area (Å²) in [5.74, 6) is 0.967. The number of piperidine rings is 1. The maximum Gasteiger partial charge on any atom is 0.222 e. The lowest BCUT2D eigenvalue weighted by Gasteiger charge is -2.30. The normalized spacial score (nSPS) is 18.8. The van der Waals surface area contributed by atoms with Crippen LogP contribution < -0.4 is 4.74 Å². The Bertz CT molecular complexity index is 504. The highest BCUT2D eigenvalue weighted by Crippen LogP contribution is 2.24. The number of aliphatic hydroxyl groups excluding tert-OH is 1. The summed E-state index contributed by atoms with van der Waals surface area (Å²) in [5, 5.41) is 9.61. The summed E-state index contributed by atoms with van der Waals surface area (Å²) in [5.41, 5.74) is 1.42. The third-order valence-corrected chi connectivity index (χ3v) is 4.27. The Morgan fingerprint density at radius 1 is 1.30 bits per heavy atom. The molecule has 1 saturated heterocycles. The molecular weight excluding hydrogens is 290 g/mol. The number of benzene rings is 1. The summed E-state index contributed by atoms with van der Waals surface area (Å²) in [4.78, 5) is 13.8. The molecule has 0 saturated carbocycles. The zero-order chi connectivity index (χ0) is 16.9. The lowest BCUT2D eigenvalue weighted by molar-refractivity contribution is -0.134. The third kappa shape index (κ3) is 5.54. The maximum atomic E-state index is 12.1. The Hall–Kier alpha value is -1.55. The Morgan fingerprint density at radius 2 is 2.00 bits per heavy atom. The smallest absolute Gasteiger partial charge is 0.222 e. The van der Waals surface area contributed by atoms with Gasteiger partial charge in [-0.15, -0.1) is 0 Å². The number of β-amino-alcohol motifs (C(OH)–C–C–N with tert-alkyl or cyclic N) is 1. The first kappa shape index (κ1) is 17.8. The standard InChI is InChI=1S/C19H29NO3/c1-19(2,3)15-8-10-17(11-9-15)23-13-5-7-18(22)20-12-4-6-16(21)14-20/h8-11,16,21H,4-7,12-14H2,1-3H3/t16-/m0/s1. The zero-order valence-corrected chi connectivity index (χ0v) is 14.5. The second-order valence-electron chi connectivity index (χ2n) is 7.36. The summed E-state index contributed by atoms with van der Waals surface area (Å²) in [6.07, 6.45) is 2.52. The molecule has 1 fully saturated rings. The molecule has 0 radical (unpaired) electrons. The molecule has 1 aromatic rings. The summed E-state index contributed by atoms with van der Waals surface area (Å²) >= 11 is 0. The Labute approximate surface area is 139 Å². The van der Waals surface area contributed by atoms with E-state index in [2.05, 4.69) is 32.9 Å². The van der Waals surface area contributed by atoms with Crippen LogP contribution in [-0.4, -0.2) is 41.7 Å². The van der Waals surface area contributed by atoms with E-state index in [1.54, 1.807) is 4.90 Å². The van der Waals surface area contributed by atoms with Crippen molar-refractivity contribution in [3.8, 4) is 5.75 Å². The fraction of sp³-hybridized carbons (Fsp3) is 0.632. The van der Waals surface area contributed by atoms with Gasteiger partial charge in [0, 0.05) is 19.5 Å². The summed E-state index contributed by atoms with van der Waals surface area (Å²) in [6.45, 7) is 8.35. The van der Waals surface area contributed by atoms with Crippen molar-refractivity contribution in [1.82, 2.24) is 4.90 Å². The molecule has 1 amide bonds. The van der Waals surface area contributed by atoms with Gasteiger partial charge in [-0.25, -0.2) is 0 Å². The van der Waals surface area contributed by atoms with Gasteiger partial charge in [0.05, 0.1) is 12.7 Å². The molecule has 1 heterocycles. The van der Waals surface area contributed by atoms with Crippen LogP contribution in [0.2, 0.25) is 0 Å². The number of likely N-dealkylation sites (tertiary alicyclic amines) is 1. The van der Waals surface area contributed by atoms with Crippen LogP contribution in [0.5, 0.6) is 5.75 Å². The number of hydrogen-bond acceptors (Lipinski definition) is 3. The molecule has 0 aliphatic carbocycles. The molecule has 0 bridgehead atoms. The fourth-order valence-corrected chi connectivity index (χ4v) is 2.80. The van der Waals surface area contributed by atoms with Gasteiger partial charge in [0.25, 0.3) is 0 Å². The molecule has 4 heteroatoms. The minimum Gasteiger partial charge on any atom is -0.494 e. The fourth-order valence-electron chi connectivity index (χ4n) is 2.80. The first-order chi connectivity index (χ1) is 10.9. The van der Waals surface area contributed by atoms with Crippen LogP contribution in [0.25, 0.3) is 0 Å². The van der Waals surface area contributed by atoms with Crippen LogP contribution in [-0.2, 0) is 10.2 Å². The summed E-state index contributed by atoms with van der Waals surface area (Å²) in [7, 11) is 0. The van der Waals surface area contributed by atoms with Gasteiger partial charge in [-0.3, -0.25) is 4.79 Å². The molecular formula is C19H29NO3. The van der Waals surface area contributed by atoms with Crippen molar-refractivity contribution in [2.45, 2.75) is 58.0 Å². The number of aliphatic hydroxyl groups is 1. The molecule has 1 atom stereocenters. The number of amides is 1. The predicted molar refractivity (Wildman–Crippen MR) is 91.7 cm³/mol. The van der Waals surface area contributed by atoms with E-state index in [1.807, 2.05) is 12.1 Å². The average Bonchev–Trinajstić information content (AvgIpc) is 2.51.